The van der Waals surface area contributed by atoms with Gasteiger partial charge in [-0.25, -0.2) is 0 Å². The summed E-state index contributed by atoms with van der Waals surface area (Å²) in [5, 5.41) is 0.659. The molecule has 0 heterocycles. The number of hydrogen-bond donors (Lipinski definition) is 1. The second-order valence-corrected chi connectivity index (χ2v) is 5.39. The minimum Gasteiger partial charge on any atom is -0.379 e. The van der Waals surface area contributed by atoms with Crippen LogP contribution in [0.5, 0.6) is 0 Å². The molecule has 0 aliphatic rings. The van der Waals surface area contributed by atoms with E-state index >= 15 is 0 Å². The van der Waals surface area contributed by atoms with E-state index < -0.39 is 0 Å². The van der Waals surface area contributed by atoms with Gasteiger partial charge in [0.15, 0.2) is 5.17 Å². The van der Waals surface area contributed by atoms with Crippen molar-refractivity contribution < 1.29 is 0 Å². The van der Waals surface area contributed by atoms with Crippen molar-refractivity contribution in [2.24, 2.45) is 10.7 Å². The van der Waals surface area contributed by atoms with E-state index in [1.807, 2.05) is 39.0 Å². The van der Waals surface area contributed by atoms with Gasteiger partial charge in [0, 0.05) is 5.75 Å². The van der Waals surface area contributed by atoms with Crippen molar-refractivity contribution in [1.29, 1.82) is 0 Å². The number of rotatable bonds is 2. The van der Waals surface area contributed by atoms with Crippen LogP contribution in [-0.2, 0) is 5.75 Å². The van der Waals surface area contributed by atoms with Crippen molar-refractivity contribution in [3.05, 3.63) is 35.9 Å². The minimum atomic E-state index is -0.0895. The second-order valence-electron chi connectivity index (χ2n) is 4.40. The molecule has 2 N–H and O–H groups in total. The van der Waals surface area contributed by atoms with Gasteiger partial charge in [0.05, 0.1) is 5.54 Å². The van der Waals surface area contributed by atoms with E-state index in [2.05, 4.69) is 17.1 Å². The zero-order valence-electron chi connectivity index (χ0n) is 9.53. The van der Waals surface area contributed by atoms with Crippen molar-refractivity contribution in [2.75, 3.05) is 0 Å². The Hall–Kier alpha value is -0.960. The number of hydrogen-bond acceptors (Lipinski definition) is 2. The van der Waals surface area contributed by atoms with E-state index in [1.54, 1.807) is 11.8 Å². The predicted molar refractivity (Wildman–Crippen MR) is 69.1 cm³/mol. The van der Waals surface area contributed by atoms with Crippen molar-refractivity contribution in [3.8, 4) is 0 Å². The number of amidine groups is 1. The van der Waals surface area contributed by atoms with Gasteiger partial charge in [0.25, 0.3) is 0 Å². The summed E-state index contributed by atoms with van der Waals surface area (Å²) in [6.07, 6.45) is 0. The van der Waals surface area contributed by atoms with Gasteiger partial charge in [-0.1, -0.05) is 42.1 Å². The fourth-order valence-electron chi connectivity index (χ4n) is 1.09. The monoisotopic (exact) mass is 222 g/mol. The molecule has 0 amide bonds. The lowest BCUT2D eigenvalue weighted by atomic mass is 10.1. The van der Waals surface area contributed by atoms with Gasteiger partial charge in [-0.3, -0.25) is 4.99 Å². The first-order valence-corrected chi connectivity index (χ1v) is 5.98. The van der Waals surface area contributed by atoms with E-state index in [1.165, 1.54) is 5.56 Å². The zero-order chi connectivity index (χ0) is 11.3. The van der Waals surface area contributed by atoms with Crippen LogP contribution in [0.15, 0.2) is 35.3 Å². The molecule has 0 unspecified atom stereocenters. The maximum Gasteiger partial charge on any atom is 0.154 e. The highest BCUT2D eigenvalue weighted by Gasteiger charge is 2.08. The van der Waals surface area contributed by atoms with Crippen molar-refractivity contribution in [2.45, 2.75) is 32.1 Å². The first-order valence-electron chi connectivity index (χ1n) is 4.99. The summed E-state index contributed by atoms with van der Waals surface area (Å²) >= 11 is 1.58. The van der Waals surface area contributed by atoms with Crippen LogP contribution in [0.3, 0.4) is 0 Å². The second kappa shape index (κ2) is 5.21. The number of nitrogens with two attached hydrogens (primary N) is 1. The molecule has 0 aliphatic carbocycles. The first-order chi connectivity index (χ1) is 6.97. The molecule has 0 radical (unpaired) electrons. The van der Waals surface area contributed by atoms with Crippen LogP contribution in [-0.4, -0.2) is 10.7 Å². The minimum absolute atomic E-state index is 0.0895. The fourth-order valence-corrected chi connectivity index (χ4v) is 1.94. The normalized spacial score (nSPS) is 12.9. The molecule has 3 heteroatoms. The highest BCUT2D eigenvalue weighted by Crippen LogP contribution is 2.14. The van der Waals surface area contributed by atoms with E-state index in [-0.39, 0.29) is 5.54 Å². The average Bonchev–Trinajstić information content (AvgIpc) is 2.14. The molecule has 0 saturated heterocycles. The molecule has 1 aromatic rings. The zero-order valence-corrected chi connectivity index (χ0v) is 10.3. The van der Waals surface area contributed by atoms with Crippen LogP contribution in [0.25, 0.3) is 0 Å². The standard InChI is InChI=1S/C12H18N2S/c1-12(2,3)14-11(13)15-9-10-7-5-4-6-8-10/h4-8H,9H2,1-3H3,(H2,13,14). The van der Waals surface area contributed by atoms with Gasteiger partial charge in [-0.15, -0.1) is 0 Å². The summed E-state index contributed by atoms with van der Waals surface area (Å²) in [7, 11) is 0. The lowest BCUT2D eigenvalue weighted by Crippen LogP contribution is -2.17. The number of nitrogens with zero attached hydrogens (tertiary/aromatic N) is 1. The van der Waals surface area contributed by atoms with E-state index in [9.17, 15) is 0 Å². The SMILES string of the molecule is CC(C)(C)N=C(N)SCc1ccccc1. The van der Waals surface area contributed by atoms with Crippen molar-refractivity contribution >= 4 is 16.9 Å². The Morgan fingerprint density at radius 3 is 2.40 bits per heavy atom. The van der Waals surface area contributed by atoms with Gasteiger partial charge in [-0.2, -0.15) is 0 Å². The number of benzene rings is 1. The highest BCUT2D eigenvalue weighted by atomic mass is 32.2. The van der Waals surface area contributed by atoms with Crippen LogP contribution in [0.1, 0.15) is 26.3 Å². The summed E-state index contributed by atoms with van der Waals surface area (Å²) in [5.41, 5.74) is 7.00. The first kappa shape index (κ1) is 12.1. The van der Waals surface area contributed by atoms with E-state index in [0.717, 1.165) is 5.75 Å². The Morgan fingerprint density at radius 1 is 1.27 bits per heavy atom. The van der Waals surface area contributed by atoms with Gasteiger partial charge in [0.2, 0.25) is 0 Å². The lowest BCUT2D eigenvalue weighted by molar-refractivity contribution is 0.585. The topological polar surface area (TPSA) is 38.4 Å². The summed E-state index contributed by atoms with van der Waals surface area (Å²) in [5.74, 6) is 0.881. The van der Waals surface area contributed by atoms with Gasteiger partial charge in [0.1, 0.15) is 0 Å². The average molecular weight is 222 g/mol. The molecule has 0 bridgehead atoms. The molecular weight excluding hydrogens is 204 g/mol. The van der Waals surface area contributed by atoms with Crippen LogP contribution in [0, 0.1) is 0 Å². The maximum absolute atomic E-state index is 5.82. The van der Waals surface area contributed by atoms with Gasteiger partial charge >= 0.3 is 0 Å². The van der Waals surface area contributed by atoms with Crippen molar-refractivity contribution in [3.63, 3.8) is 0 Å². The quantitative estimate of drug-likeness (QED) is 0.617. The molecule has 0 spiro atoms. The largest absolute Gasteiger partial charge is 0.379 e. The third-order valence-corrected chi connectivity index (χ3v) is 2.54. The molecule has 1 rings (SSSR count). The molecule has 15 heavy (non-hydrogen) atoms. The Balaban J connectivity index is 2.48. The Morgan fingerprint density at radius 2 is 1.87 bits per heavy atom. The molecule has 0 aliphatic heterocycles. The summed E-state index contributed by atoms with van der Waals surface area (Å²) in [4.78, 5) is 4.38. The third-order valence-electron chi connectivity index (χ3n) is 1.68. The number of aliphatic imine (C=N–C) groups is 1. The molecule has 0 atom stereocenters. The molecular formula is C12H18N2S. The molecule has 1 aromatic carbocycles. The highest BCUT2D eigenvalue weighted by molar-refractivity contribution is 8.13. The molecule has 0 fully saturated rings. The van der Waals surface area contributed by atoms with E-state index in [4.69, 9.17) is 5.73 Å². The Labute approximate surface area is 96.0 Å². The van der Waals surface area contributed by atoms with E-state index in [0.29, 0.717) is 5.17 Å². The Kier molecular flexibility index (Phi) is 4.21. The fraction of sp³-hybridized carbons (Fsp3) is 0.417. The molecule has 0 saturated carbocycles. The molecule has 0 aromatic heterocycles. The maximum atomic E-state index is 5.82. The summed E-state index contributed by atoms with van der Waals surface area (Å²) < 4.78 is 0. The number of thioether (sulfide) groups is 1. The van der Waals surface area contributed by atoms with Crippen LogP contribution in [0.4, 0.5) is 0 Å². The molecule has 2 nitrogen and oxygen atoms in total. The summed E-state index contributed by atoms with van der Waals surface area (Å²) in [6, 6.07) is 10.3. The van der Waals surface area contributed by atoms with Crippen LogP contribution in [0.2, 0.25) is 0 Å². The van der Waals surface area contributed by atoms with Gasteiger partial charge in [-0.05, 0) is 26.3 Å². The third kappa shape index (κ3) is 5.47. The predicted octanol–water partition coefficient (Wildman–Crippen LogP) is 3.03. The smallest absolute Gasteiger partial charge is 0.154 e. The van der Waals surface area contributed by atoms with Crippen LogP contribution >= 0.6 is 11.8 Å². The lowest BCUT2D eigenvalue weighted by Gasteiger charge is -2.13. The van der Waals surface area contributed by atoms with Gasteiger partial charge < -0.3 is 5.73 Å². The van der Waals surface area contributed by atoms with Crippen molar-refractivity contribution in [1.82, 2.24) is 0 Å². The van der Waals surface area contributed by atoms with Crippen LogP contribution < -0.4 is 5.73 Å². The summed E-state index contributed by atoms with van der Waals surface area (Å²) in [6.45, 7) is 6.13. The Bertz CT molecular complexity index is 325. The molecule has 82 valence electrons.